The summed E-state index contributed by atoms with van der Waals surface area (Å²) in [5, 5.41) is 2.32. The zero-order valence-corrected chi connectivity index (χ0v) is 9.81. The molecule has 0 spiro atoms. The van der Waals surface area contributed by atoms with Gasteiger partial charge in [0.1, 0.15) is 0 Å². The van der Waals surface area contributed by atoms with Gasteiger partial charge < -0.3 is 9.32 Å². The van der Waals surface area contributed by atoms with E-state index in [1.807, 2.05) is 0 Å². The van der Waals surface area contributed by atoms with Crippen LogP contribution in [0.1, 0.15) is 30.3 Å². The largest absolute Gasteiger partial charge is 0.459 e. The number of urea groups is 1. The SMILES string of the molecule is CC1CCN(C(=O)NC(=O)c2ccco2)CC1. The number of nitrogens with zero attached hydrogens (tertiary/aromatic N) is 1. The summed E-state index contributed by atoms with van der Waals surface area (Å²) in [6, 6.07) is 2.81. The molecule has 1 aliphatic heterocycles. The normalized spacial score (nSPS) is 16.9. The van der Waals surface area contributed by atoms with Gasteiger partial charge in [-0.2, -0.15) is 0 Å². The molecule has 0 aliphatic carbocycles. The maximum Gasteiger partial charge on any atom is 0.324 e. The van der Waals surface area contributed by atoms with Crippen molar-refractivity contribution in [1.82, 2.24) is 10.2 Å². The number of likely N-dealkylation sites (tertiary alicyclic amines) is 1. The van der Waals surface area contributed by atoms with Crippen molar-refractivity contribution in [2.24, 2.45) is 5.92 Å². The minimum atomic E-state index is -0.487. The molecule has 1 aliphatic rings. The Bertz CT molecular complexity index is 392. The van der Waals surface area contributed by atoms with Crippen molar-refractivity contribution < 1.29 is 14.0 Å². The average molecular weight is 236 g/mol. The molecule has 1 N–H and O–H groups in total. The molecule has 1 aromatic heterocycles. The first-order valence-electron chi connectivity index (χ1n) is 5.80. The highest BCUT2D eigenvalue weighted by Crippen LogP contribution is 2.15. The molecule has 92 valence electrons. The monoisotopic (exact) mass is 236 g/mol. The van der Waals surface area contributed by atoms with Gasteiger partial charge in [0.25, 0.3) is 5.91 Å². The van der Waals surface area contributed by atoms with E-state index in [0.717, 1.165) is 12.8 Å². The summed E-state index contributed by atoms with van der Waals surface area (Å²) >= 11 is 0. The molecule has 0 atom stereocenters. The molecular weight excluding hydrogens is 220 g/mol. The molecule has 5 nitrogen and oxygen atoms in total. The van der Waals surface area contributed by atoms with Crippen molar-refractivity contribution in [3.05, 3.63) is 24.2 Å². The van der Waals surface area contributed by atoms with E-state index in [1.165, 1.54) is 12.3 Å². The van der Waals surface area contributed by atoms with Crippen molar-refractivity contribution >= 4 is 11.9 Å². The number of hydrogen-bond donors (Lipinski definition) is 1. The lowest BCUT2D eigenvalue weighted by Crippen LogP contribution is -2.46. The first kappa shape index (κ1) is 11.7. The molecule has 0 bridgehead atoms. The quantitative estimate of drug-likeness (QED) is 0.809. The standard InChI is InChI=1S/C12H16N2O3/c1-9-4-6-14(7-5-9)12(16)13-11(15)10-3-2-8-17-10/h2-3,8-9H,4-7H2,1H3,(H,13,15,16). The molecule has 1 aromatic rings. The summed E-state index contributed by atoms with van der Waals surface area (Å²) in [5.74, 6) is 0.321. The Morgan fingerprint density at radius 3 is 2.71 bits per heavy atom. The first-order chi connectivity index (χ1) is 8.16. The van der Waals surface area contributed by atoms with E-state index >= 15 is 0 Å². The number of furan rings is 1. The summed E-state index contributed by atoms with van der Waals surface area (Å²) in [7, 11) is 0. The fraction of sp³-hybridized carbons (Fsp3) is 0.500. The van der Waals surface area contributed by atoms with Gasteiger partial charge in [0.2, 0.25) is 0 Å². The van der Waals surface area contributed by atoms with E-state index in [-0.39, 0.29) is 11.8 Å². The summed E-state index contributed by atoms with van der Waals surface area (Å²) in [5.41, 5.74) is 0. The lowest BCUT2D eigenvalue weighted by atomic mass is 10.00. The summed E-state index contributed by atoms with van der Waals surface area (Å²) in [6.07, 6.45) is 3.38. The predicted molar refractivity (Wildman–Crippen MR) is 61.5 cm³/mol. The number of piperidine rings is 1. The van der Waals surface area contributed by atoms with Crippen LogP contribution in [0.4, 0.5) is 4.79 Å². The summed E-state index contributed by atoms with van der Waals surface area (Å²) < 4.78 is 4.92. The van der Waals surface area contributed by atoms with Gasteiger partial charge in [0, 0.05) is 13.1 Å². The third kappa shape index (κ3) is 2.87. The highest BCUT2D eigenvalue weighted by Gasteiger charge is 2.22. The van der Waals surface area contributed by atoms with Gasteiger partial charge in [-0.05, 0) is 30.9 Å². The molecule has 1 saturated heterocycles. The third-order valence-corrected chi connectivity index (χ3v) is 3.04. The Hall–Kier alpha value is -1.78. The summed E-state index contributed by atoms with van der Waals surface area (Å²) in [6.45, 7) is 3.58. The van der Waals surface area contributed by atoms with Crippen LogP contribution in [0.15, 0.2) is 22.8 Å². The lowest BCUT2D eigenvalue weighted by molar-refractivity contribution is 0.0918. The molecule has 2 heterocycles. The van der Waals surface area contributed by atoms with E-state index in [4.69, 9.17) is 4.42 Å². The number of carbonyl (C=O) groups is 2. The van der Waals surface area contributed by atoms with Crippen molar-refractivity contribution in [1.29, 1.82) is 0 Å². The Morgan fingerprint density at radius 2 is 2.12 bits per heavy atom. The maximum atomic E-state index is 11.8. The van der Waals surface area contributed by atoms with Crippen LogP contribution in [-0.4, -0.2) is 29.9 Å². The van der Waals surface area contributed by atoms with E-state index < -0.39 is 5.91 Å². The van der Waals surface area contributed by atoms with Crippen LogP contribution in [0.25, 0.3) is 0 Å². The second kappa shape index (κ2) is 5.03. The van der Waals surface area contributed by atoms with Crippen LogP contribution in [0.5, 0.6) is 0 Å². The number of imide groups is 1. The minimum absolute atomic E-state index is 0.156. The van der Waals surface area contributed by atoms with Crippen LogP contribution in [-0.2, 0) is 0 Å². The Balaban J connectivity index is 1.87. The molecule has 0 unspecified atom stereocenters. The van der Waals surface area contributed by atoms with Gasteiger partial charge in [-0.3, -0.25) is 10.1 Å². The van der Waals surface area contributed by atoms with Crippen molar-refractivity contribution in [3.63, 3.8) is 0 Å². The van der Waals surface area contributed by atoms with Crippen LogP contribution in [0.2, 0.25) is 0 Å². The van der Waals surface area contributed by atoms with Crippen molar-refractivity contribution in [2.75, 3.05) is 13.1 Å². The molecule has 0 saturated carbocycles. The van der Waals surface area contributed by atoms with E-state index in [9.17, 15) is 9.59 Å². The fourth-order valence-electron chi connectivity index (χ4n) is 1.86. The number of rotatable bonds is 1. The average Bonchev–Trinajstić information content (AvgIpc) is 2.83. The third-order valence-electron chi connectivity index (χ3n) is 3.04. The minimum Gasteiger partial charge on any atom is -0.459 e. The highest BCUT2D eigenvalue weighted by atomic mass is 16.3. The Labute approximate surface area is 99.8 Å². The smallest absolute Gasteiger partial charge is 0.324 e. The van der Waals surface area contributed by atoms with Crippen LogP contribution < -0.4 is 5.32 Å². The van der Waals surface area contributed by atoms with Crippen molar-refractivity contribution in [2.45, 2.75) is 19.8 Å². The Morgan fingerprint density at radius 1 is 1.41 bits per heavy atom. The van der Waals surface area contributed by atoms with Crippen LogP contribution >= 0.6 is 0 Å². The zero-order chi connectivity index (χ0) is 12.3. The second-order valence-corrected chi connectivity index (χ2v) is 4.41. The number of amides is 3. The first-order valence-corrected chi connectivity index (χ1v) is 5.80. The molecule has 0 aromatic carbocycles. The van der Waals surface area contributed by atoms with Gasteiger partial charge >= 0.3 is 6.03 Å². The number of nitrogens with one attached hydrogen (secondary N) is 1. The summed E-state index contributed by atoms with van der Waals surface area (Å²) in [4.78, 5) is 25.0. The van der Waals surface area contributed by atoms with E-state index in [2.05, 4.69) is 12.2 Å². The van der Waals surface area contributed by atoms with Crippen molar-refractivity contribution in [3.8, 4) is 0 Å². The van der Waals surface area contributed by atoms with Gasteiger partial charge in [0.15, 0.2) is 5.76 Å². The molecule has 1 fully saturated rings. The predicted octanol–water partition coefficient (Wildman–Crippen LogP) is 1.86. The van der Waals surface area contributed by atoms with Crippen LogP contribution in [0, 0.1) is 5.92 Å². The molecule has 5 heteroatoms. The number of hydrogen-bond acceptors (Lipinski definition) is 3. The molecule has 2 rings (SSSR count). The second-order valence-electron chi connectivity index (χ2n) is 4.41. The highest BCUT2D eigenvalue weighted by molar-refractivity contribution is 6.02. The molecule has 3 amide bonds. The molecule has 17 heavy (non-hydrogen) atoms. The zero-order valence-electron chi connectivity index (χ0n) is 9.81. The van der Waals surface area contributed by atoms with Crippen LogP contribution in [0.3, 0.4) is 0 Å². The van der Waals surface area contributed by atoms with E-state index in [0.29, 0.717) is 19.0 Å². The number of carbonyl (C=O) groups excluding carboxylic acids is 2. The van der Waals surface area contributed by atoms with Gasteiger partial charge in [-0.1, -0.05) is 6.92 Å². The molecule has 0 radical (unpaired) electrons. The lowest BCUT2D eigenvalue weighted by Gasteiger charge is -2.29. The Kier molecular flexibility index (Phi) is 3.46. The molecular formula is C12H16N2O3. The van der Waals surface area contributed by atoms with E-state index in [1.54, 1.807) is 11.0 Å². The fourth-order valence-corrected chi connectivity index (χ4v) is 1.86. The maximum absolute atomic E-state index is 11.8. The van der Waals surface area contributed by atoms with Gasteiger partial charge in [-0.15, -0.1) is 0 Å². The van der Waals surface area contributed by atoms with Gasteiger partial charge in [0.05, 0.1) is 6.26 Å². The van der Waals surface area contributed by atoms with Gasteiger partial charge in [-0.25, -0.2) is 4.79 Å². The topological polar surface area (TPSA) is 62.6 Å².